The highest BCUT2D eigenvalue weighted by Crippen LogP contribution is 2.19. The Balaban J connectivity index is 2.40. The van der Waals surface area contributed by atoms with Crippen LogP contribution in [0.5, 0.6) is 0 Å². The zero-order valence-electron chi connectivity index (χ0n) is 9.89. The summed E-state index contributed by atoms with van der Waals surface area (Å²) in [7, 11) is -8.97. The average molecular weight is 316 g/mol. The van der Waals surface area contributed by atoms with E-state index in [4.69, 9.17) is 0 Å². The third-order valence-electron chi connectivity index (χ3n) is 2.33. The van der Waals surface area contributed by atoms with E-state index in [0.717, 1.165) is 24.3 Å². The minimum Gasteiger partial charge on any atom is -0.280 e. The van der Waals surface area contributed by atoms with E-state index in [0.29, 0.717) is 0 Å². The lowest BCUT2D eigenvalue weighted by atomic mass is 10.4. The Morgan fingerprint density at radius 3 is 2.15 bits per heavy atom. The first-order chi connectivity index (χ1) is 9.29. The minimum atomic E-state index is -4.96. The highest BCUT2D eigenvalue weighted by atomic mass is 32.3. The van der Waals surface area contributed by atoms with Crippen LogP contribution in [0.25, 0.3) is 0 Å². The van der Waals surface area contributed by atoms with Crippen LogP contribution >= 0.6 is 0 Å². The topological polar surface area (TPSA) is 93.2 Å². The van der Waals surface area contributed by atoms with Crippen molar-refractivity contribution in [2.24, 2.45) is 0 Å². The molecule has 0 aliphatic carbocycles. The first-order valence-corrected chi connectivity index (χ1v) is 8.13. The van der Waals surface area contributed by atoms with Crippen molar-refractivity contribution in [3.05, 3.63) is 48.8 Å². The summed E-state index contributed by atoms with van der Waals surface area (Å²) < 4.78 is 60.7. The van der Waals surface area contributed by atoms with Crippen molar-refractivity contribution in [3.8, 4) is 0 Å². The number of hydrogen-bond donors (Lipinski definition) is 1. The largest absolute Gasteiger partial charge is 0.332 e. The fraction of sp³-hybridized carbons (Fsp3) is 0. The van der Waals surface area contributed by atoms with E-state index >= 15 is 0 Å². The van der Waals surface area contributed by atoms with Crippen molar-refractivity contribution < 1.29 is 20.7 Å². The molecule has 1 N–H and O–H groups in total. The summed E-state index contributed by atoms with van der Waals surface area (Å²) in [5.41, 5.74) is 0.258. The molecule has 0 unspecified atom stereocenters. The fourth-order valence-corrected chi connectivity index (χ4v) is 3.11. The lowest BCUT2D eigenvalue weighted by Crippen LogP contribution is -2.13. The van der Waals surface area contributed by atoms with E-state index in [1.54, 1.807) is 0 Å². The van der Waals surface area contributed by atoms with Crippen molar-refractivity contribution in [2.75, 3.05) is 4.72 Å². The van der Waals surface area contributed by atoms with Gasteiger partial charge < -0.3 is 0 Å². The molecule has 0 spiro atoms. The van der Waals surface area contributed by atoms with Crippen molar-refractivity contribution in [3.63, 3.8) is 0 Å². The molecule has 0 bridgehead atoms. The van der Waals surface area contributed by atoms with Crippen LogP contribution in [0.15, 0.2) is 58.6 Å². The Morgan fingerprint density at radius 1 is 0.950 bits per heavy atom. The maximum atomic E-state index is 12.9. The number of halogens is 1. The molecule has 0 fully saturated rings. The third-order valence-corrected chi connectivity index (χ3v) is 4.53. The maximum absolute atomic E-state index is 12.9. The summed E-state index contributed by atoms with van der Waals surface area (Å²) in [6, 6.07) is 6.88. The molecule has 106 valence electrons. The summed E-state index contributed by atoms with van der Waals surface area (Å²) in [5.74, 6) is 0. The molecule has 0 aliphatic heterocycles. The molecular formula is C11H9FN2O4S2. The minimum absolute atomic E-state index is 0.258. The van der Waals surface area contributed by atoms with Gasteiger partial charge in [-0.3, -0.25) is 9.71 Å². The highest BCUT2D eigenvalue weighted by molar-refractivity contribution is 7.92. The molecule has 0 saturated carbocycles. The Labute approximate surface area is 115 Å². The van der Waals surface area contributed by atoms with Crippen molar-refractivity contribution in [1.82, 2.24) is 4.98 Å². The third kappa shape index (κ3) is 3.31. The quantitative estimate of drug-likeness (QED) is 0.864. The number of rotatable bonds is 4. The van der Waals surface area contributed by atoms with Gasteiger partial charge in [0.25, 0.3) is 10.0 Å². The summed E-state index contributed by atoms with van der Waals surface area (Å²) >= 11 is 0. The van der Waals surface area contributed by atoms with Gasteiger partial charge in [-0.25, -0.2) is 8.42 Å². The molecule has 1 heterocycles. The van der Waals surface area contributed by atoms with E-state index in [2.05, 4.69) is 9.71 Å². The predicted octanol–water partition coefficient (Wildman–Crippen LogP) is 1.54. The van der Waals surface area contributed by atoms with Gasteiger partial charge >= 0.3 is 10.2 Å². The number of aromatic nitrogens is 1. The van der Waals surface area contributed by atoms with Crippen molar-refractivity contribution >= 4 is 25.9 Å². The summed E-state index contributed by atoms with van der Waals surface area (Å²) in [6.45, 7) is 0. The number of benzene rings is 1. The van der Waals surface area contributed by atoms with E-state index in [1.165, 1.54) is 24.5 Å². The molecule has 1 aromatic heterocycles. The number of nitrogens with one attached hydrogen (secondary N) is 1. The van der Waals surface area contributed by atoms with E-state index in [-0.39, 0.29) is 10.6 Å². The Hall–Kier alpha value is -2.00. The van der Waals surface area contributed by atoms with Crippen LogP contribution in [0.4, 0.5) is 9.57 Å². The maximum Gasteiger partial charge on any atom is 0.332 e. The van der Waals surface area contributed by atoms with Gasteiger partial charge in [-0.1, -0.05) is 6.07 Å². The zero-order valence-corrected chi connectivity index (χ0v) is 11.5. The zero-order chi connectivity index (χ0) is 14.8. The second kappa shape index (κ2) is 5.17. The van der Waals surface area contributed by atoms with Crippen LogP contribution in [-0.4, -0.2) is 21.8 Å². The SMILES string of the molecule is O=S(=O)(F)c1cccc(S(=O)(=O)Nc2ccncc2)c1. The van der Waals surface area contributed by atoms with Gasteiger partial charge in [0.05, 0.1) is 15.5 Å². The van der Waals surface area contributed by atoms with Crippen LogP contribution in [0.2, 0.25) is 0 Å². The number of sulfonamides is 1. The lowest BCUT2D eigenvalue weighted by Gasteiger charge is -2.08. The molecule has 6 nitrogen and oxygen atoms in total. The molecule has 1 aromatic carbocycles. The molecule has 2 rings (SSSR count). The van der Waals surface area contributed by atoms with Gasteiger partial charge in [0.2, 0.25) is 0 Å². The van der Waals surface area contributed by atoms with Gasteiger partial charge in [-0.15, -0.1) is 3.89 Å². The van der Waals surface area contributed by atoms with Crippen LogP contribution in [-0.2, 0) is 20.2 Å². The normalized spacial score (nSPS) is 12.1. The van der Waals surface area contributed by atoms with Crippen LogP contribution in [0.3, 0.4) is 0 Å². The molecular weight excluding hydrogens is 307 g/mol. The monoisotopic (exact) mass is 316 g/mol. The number of anilines is 1. The van der Waals surface area contributed by atoms with Crippen molar-refractivity contribution in [2.45, 2.75) is 9.79 Å². The standard InChI is InChI=1S/C11H9FN2O4S2/c12-19(15,16)10-2-1-3-11(8-10)20(17,18)14-9-4-6-13-7-5-9/h1-8H,(H,13,14). The molecule has 0 aliphatic rings. The molecule has 0 atom stereocenters. The second-order valence-electron chi connectivity index (χ2n) is 3.75. The molecule has 2 aromatic rings. The Bertz CT molecular complexity index is 821. The first-order valence-electron chi connectivity index (χ1n) is 5.27. The van der Waals surface area contributed by atoms with Gasteiger partial charge in [0.1, 0.15) is 0 Å². The van der Waals surface area contributed by atoms with Crippen LogP contribution in [0.1, 0.15) is 0 Å². The van der Waals surface area contributed by atoms with Gasteiger partial charge in [0, 0.05) is 12.4 Å². The molecule has 9 heteroatoms. The van der Waals surface area contributed by atoms with E-state index < -0.39 is 25.1 Å². The van der Waals surface area contributed by atoms with Gasteiger partial charge in [-0.05, 0) is 30.3 Å². The average Bonchev–Trinajstić information content (AvgIpc) is 2.38. The Kier molecular flexibility index (Phi) is 3.73. The van der Waals surface area contributed by atoms with Crippen LogP contribution < -0.4 is 4.72 Å². The summed E-state index contributed by atoms with van der Waals surface area (Å²) in [5, 5.41) is 0. The molecule has 0 amide bonds. The highest BCUT2D eigenvalue weighted by Gasteiger charge is 2.18. The number of nitrogens with zero attached hydrogens (tertiary/aromatic N) is 1. The first kappa shape index (κ1) is 14.4. The predicted molar refractivity (Wildman–Crippen MR) is 69.8 cm³/mol. The van der Waals surface area contributed by atoms with Gasteiger partial charge in [0.15, 0.2) is 0 Å². The molecule has 0 saturated heterocycles. The summed E-state index contributed by atoms with van der Waals surface area (Å²) in [6.07, 6.45) is 2.78. The van der Waals surface area contributed by atoms with Crippen molar-refractivity contribution in [1.29, 1.82) is 0 Å². The lowest BCUT2D eigenvalue weighted by molar-refractivity contribution is 0.552. The van der Waals surface area contributed by atoms with Crippen LogP contribution in [0, 0.1) is 0 Å². The number of pyridine rings is 1. The smallest absolute Gasteiger partial charge is 0.280 e. The van der Waals surface area contributed by atoms with Gasteiger partial charge in [-0.2, -0.15) is 8.42 Å². The van der Waals surface area contributed by atoms with E-state index in [9.17, 15) is 20.7 Å². The van der Waals surface area contributed by atoms with E-state index in [1.807, 2.05) is 0 Å². The number of hydrogen-bond acceptors (Lipinski definition) is 5. The molecule has 20 heavy (non-hydrogen) atoms. The second-order valence-corrected chi connectivity index (χ2v) is 6.78. The Morgan fingerprint density at radius 2 is 1.55 bits per heavy atom. The molecule has 0 radical (unpaired) electrons. The summed E-state index contributed by atoms with van der Waals surface area (Å²) in [4.78, 5) is 2.66. The fourth-order valence-electron chi connectivity index (χ4n) is 1.43.